The molecular formula is C45H48O9. The number of benzene rings is 3. The third-order valence-corrected chi connectivity index (χ3v) is 11.3. The smallest absolute Gasteiger partial charge is 0.339 e. The van der Waals surface area contributed by atoms with Crippen molar-refractivity contribution >= 4 is 22.9 Å². The van der Waals surface area contributed by atoms with Gasteiger partial charge in [-0.1, -0.05) is 72.3 Å². The van der Waals surface area contributed by atoms with Gasteiger partial charge in [0.15, 0.2) is 12.2 Å². The van der Waals surface area contributed by atoms with E-state index >= 15 is 0 Å². The molecule has 0 fully saturated rings. The van der Waals surface area contributed by atoms with Crippen LogP contribution in [0.1, 0.15) is 98.3 Å². The predicted octanol–water partition coefficient (Wildman–Crippen LogP) is 7.96. The highest BCUT2D eigenvalue weighted by atomic mass is 16.6. The maximum Gasteiger partial charge on any atom is 0.339 e. The number of carbonyl (C=O) groups is 2. The second-order valence-corrected chi connectivity index (χ2v) is 15.4. The first-order valence-corrected chi connectivity index (χ1v) is 18.8. The van der Waals surface area contributed by atoms with Crippen molar-refractivity contribution in [2.24, 2.45) is 5.92 Å². The van der Waals surface area contributed by atoms with E-state index in [1.165, 1.54) is 12.7 Å². The Labute approximate surface area is 315 Å². The van der Waals surface area contributed by atoms with Gasteiger partial charge in [-0.25, -0.2) is 9.59 Å². The number of aliphatic hydroxyl groups excluding tert-OH is 1. The zero-order chi connectivity index (χ0) is 38.1. The summed E-state index contributed by atoms with van der Waals surface area (Å²) in [4.78, 5) is 42.2. The van der Waals surface area contributed by atoms with Gasteiger partial charge in [-0.3, -0.25) is 4.79 Å². The molecule has 0 spiro atoms. The van der Waals surface area contributed by atoms with Crippen molar-refractivity contribution in [2.45, 2.75) is 96.1 Å². The van der Waals surface area contributed by atoms with Crippen LogP contribution in [0.4, 0.5) is 0 Å². The molecule has 1 aromatic heterocycles. The van der Waals surface area contributed by atoms with Crippen molar-refractivity contribution in [3.8, 4) is 5.75 Å². The summed E-state index contributed by atoms with van der Waals surface area (Å²) in [7, 11) is 1.53. The molecule has 2 bridgehead atoms. The van der Waals surface area contributed by atoms with E-state index < -0.39 is 42.0 Å². The Balaban J connectivity index is 1.37. The fourth-order valence-corrected chi connectivity index (χ4v) is 8.37. The van der Waals surface area contributed by atoms with Gasteiger partial charge in [0.1, 0.15) is 16.9 Å². The van der Waals surface area contributed by atoms with Crippen LogP contribution in [0.15, 0.2) is 99.2 Å². The predicted molar refractivity (Wildman–Crippen MR) is 204 cm³/mol. The third kappa shape index (κ3) is 7.27. The van der Waals surface area contributed by atoms with Crippen LogP contribution >= 0.6 is 0 Å². The Morgan fingerprint density at radius 2 is 1.65 bits per heavy atom. The van der Waals surface area contributed by atoms with Gasteiger partial charge in [0.25, 0.3) is 0 Å². The van der Waals surface area contributed by atoms with E-state index in [4.69, 9.17) is 23.4 Å². The number of fused-ring (bicyclic) bond motifs is 11. The first kappa shape index (κ1) is 37.3. The molecule has 8 rings (SSSR count). The zero-order valence-corrected chi connectivity index (χ0v) is 31.6. The Bertz CT molecular complexity index is 2160. The van der Waals surface area contributed by atoms with Crippen LogP contribution in [0.2, 0.25) is 0 Å². The molecule has 4 aliphatic rings. The van der Waals surface area contributed by atoms with Gasteiger partial charge >= 0.3 is 17.6 Å². The number of rotatable bonds is 5. The number of hydrogen-bond donors (Lipinski definition) is 1. The molecule has 4 aromatic rings. The van der Waals surface area contributed by atoms with Crippen LogP contribution in [-0.4, -0.2) is 42.5 Å². The molecule has 0 radical (unpaired) electrons. The SMILES string of the molecule is COCCc1c(CO)c2ccc3c(c2oc1=O)[C@@H]1OC(=O)C[C@@H]2C[C@H](c4ccccc4)C=C[C@@H]2c2ccc(cc2)CCC(=C(C)C)C(=O)O[C@@H]1C(C)(C)O3. The van der Waals surface area contributed by atoms with E-state index in [-0.39, 0.29) is 48.3 Å². The van der Waals surface area contributed by atoms with Crippen molar-refractivity contribution in [1.82, 2.24) is 0 Å². The molecule has 9 nitrogen and oxygen atoms in total. The summed E-state index contributed by atoms with van der Waals surface area (Å²) in [5, 5.41) is 11.0. The topological polar surface area (TPSA) is 122 Å². The van der Waals surface area contributed by atoms with Crippen LogP contribution in [0.5, 0.6) is 5.75 Å². The molecule has 3 aromatic carbocycles. The summed E-state index contributed by atoms with van der Waals surface area (Å²) in [6, 6.07) is 22.2. The summed E-state index contributed by atoms with van der Waals surface area (Å²) >= 11 is 0. The quantitative estimate of drug-likeness (QED) is 0.0943. The van der Waals surface area contributed by atoms with E-state index in [2.05, 4.69) is 48.6 Å². The van der Waals surface area contributed by atoms with Gasteiger partial charge in [-0.15, -0.1) is 0 Å². The number of esters is 2. The average Bonchev–Trinajstić information content (AvgIpc) is 3.15. The van der Waals surface area contributed by atoms with Gasteiger partial charge in [0.05, 0.1) is 18.8 Å². The molecule has 1 aliphatic carbocycles. The fourth-order valence-electron chi connectivity index (χ4n) is 8.37. The standard InChI is InChI=1S/C45H48O9/c1-26(2)32-17-13-27-11-14-29(15-12-27)33-18-16-30(28-9-7-6-8-10-28)23-31(33)24-38(47)51-41-39-37(54-45(3,4)42(41)53-43(32)48)20-19-34-36(25-46)35(21-22-50-5)44(49)52-40(34)39/h6-12,14-16,18-20,30-31,33,41-42,46H,13,17,21-25H2,1-5H3/t30-,31+,33-,41+,42+/m1/s1. The Hall–Kier alpha value is -4.99. The van der Waals surface area contributed by atoms with Crippen molar-refractivity contribution in [1.29, 1.82) is 0 Å². The van der Waals surface area contributed by atoms with E-state index in [0.717, 1.165) is 23.1 Å². The monoisotopic (exact) mass is 732 g/mol. The molecule has 282 valence electrons. The lowest BCUT2D eigenvalue weighted by Gasteiger charge is -2.43. The first-order valence-electron chi connectivity index (χ1n) is 18.8. The average molecular weight is 733 g/mol. The van der Waals surface area contributed by atoms with Crippen molar-refractivity contribution in [2.75, 3.05) is 13.7 Å². The normalized spacial score (nSPS) is 23.8. The van der Waals surface area contributed by atoms with Crippen LogP contribution in [0.25, 0.3) is 11.0 Å². The van der Waals surface area contributed by atoms with Gasteiger partial charge < -0.3 is 28.5 Å². The number of aryl methyl sites for hydroxylation is 1. The summed E-state index contributed by atoms with van der Waals surface area (Å²) in [6.07, 6.45) is 4.27. The molecule has 0 amide bonds. The van der Waals surface area contributed by atoms with E-state index in [0.29, 0.717) is 40.7 Å². The van der Waals surface area contributed by atoms with Gasteiger partial charge in [-0.2, -0.15) is 0 Å². The van der Waals surface area contributed by atoms with Crippen molar-refractivity contribution in [3.05, 3.63) is 134 Å². The highest BCUT2D eigenvalue weighted by Gasteiger charge is 2.51. The lowest BCUT2D eigenvalue weighted by atomic mass is 9.72. The Kier molecular flexibility index (Phi) is 10.6. The molecule has 3 aliphatic heterocycles. The van der Waals surface area contributed by atoms with Crippen LogP contribution in [0, 0.1) is 5.92 Å². The second kappa shape index (κ2) is 15.4. The van der Waals surface area contributed by atoms with Crippen molar-refractivity contribution in [3.63, 3.8) is 0 Å². The molecule has 4 heterocycles. The molecular weight excluding hydrogens is 684 g/mol. The Morgan fingerprint density at radius 3 is 2.35 bits per heavy atom. The minimum Gasteiger partial charge on any atom is -0.483 e. The van der Waals surface area contributed by atoms with Crippen LogP contribution in [0.3, 0.4) is 0 Å². The van der Waals surface area contributed by atoms with E-state index in [9.17, 15) is 19.5 Å². The molecule has 54 heavy (non-hydrogen) atoms. The number of hydrogen-bond acceptors (Lipinski definition) is 9. The molecule has 9 heteroatoms. The van der Waals surface area contributed by atoms with Crippen LogP contribution < -0.4 is 10.4 Å². The fraction of sp³-hybridized carbons (Fsp3) is 0.400. The first-order chi connectivity index (χ1) is 26.0. The van der Waals surface area contributed by atoms with Crippen LogP contribution in [-0.2, 0) is 43.2 Å². The summed E-state index contributed by atoms with van der Waals surface area (Å²) in [5.74, 6) is -0.706. The minimum absolute atomic E-state index is 0.0312. The highest BCUT2D eigenvalue weighted by Crippen LogP contribution is 2.48. The Morgan fingerprint density at radius 1 is 0.889 bits per heavy atom. The lowest BCUT2D eigenvalue weighted by molar-refractivity contribution is -0.188. The highest BCUT2D eigenvalue weighted by molar-refractivity contribution is 5.90. The zero-order valence-electron chi connectivity index (χ0n) is 31.6. The lowest BCUT2D eigenvalue weighted by Crippen LogP contribution is -2.52. The summed E-state index contributed by atoms with van der Waals surface area (Å²) in [6.45, 7) is 7.16. The van der Waals surface area contributed by atoms with E-state index in [1.54, 1.807) is 26.0 Å². The molecule has 0 saturated heterocycles. The maximum absolute atomic E-state index is 14.5. The molecule has 1 N–H and O–H groups in total. The largest absolute Gasteiger partial charge is 0.483 e. The minimum atomic E-state index is -1.20. The third-order valence-electron chi connectivity index (χ3n) is 11.3. The molecule has 0 saturated carbocycles. The maximum atomic E-state index is 14.5. The number of carbonyl (C=O) groups excluding carboxylic acids is 2. The number of ether oxygens (including phenoxy) is 4. The summed E-state index contributed by atoms with van der Waals surface area (Å²) in [5.41, 5.74) is 3.98. The number of allylic oxidation sites excluding steroid dienone is 3. The molecule has 0 unspecified atom stereocenters. The van der Waals surface area contributed by atoms with Crippen molar-refractivity contribution < 1.29 is 38.1 Å². The van der Waals surface area contributed by atoms with E-state index in [1.807, 2.05) is 32.0 Å². The van der Waals surface area contributed by atoms with Gasteiger partial charge in [0.2, 0.25) is 0 Å². The summed E-state index contributed by atoms with van der Waals surface area (Å²) < 4.78 is 30.6. The second-order valence-electron chi connectivity index (χ2n) is 15.4. The number of aliphatic hydroxyl groups is 1. The van der Waals surface area contributed by atoms with Gasteiger partial charge in [-0.05, 0) is 87.3 Å². The van der Waals surface area contributed by atoms with Gasteiger partial charge in [0, 0.05) is 48.3 Å². The molecule has 5 atom stereocenters. The number of methoxy groups -OCH3 is 1.